The third kappa shape index (κ3) is 3.32. The highest BCUT2D eigenvalue weighted by atomic mass is 15.3. The Morgan fingerprint density at radius 2 is 1.78 bits per heavy atom. The molecule has 2 unspecified atom stereocenters. The Morgan fingerprint density at radius 1 is 1.17 bits per heavy atom. The molecule has 1 aromatic heterocycles. The number of aryl methyl sites for hydroxylation is 1. The van der Waals surface area contributed by atoms with Gasteiger partial charge in [-0.3, -0.25) is 0 Å². The average Bonchev–Trinajstić information content (AvgIpc) is 2.39. The molecule has 5 heteroatoms. The number of aromatic nitrogens is 2. The average molecular weight is 251 g/mol. The first-order chi connectivity index (χ1) is 8.53. The van der Waals surface area contributed by atoms with Gasteiger partial charge in [0.1, 0.15) is 17.5 Å². The van der Waals surface area contributed by atoms with Crippen molar-refractivity contribution in [3.63, 3.8) is 0 Å². The van der Waals surface area contributed by atoms with Crippen molar-refractivity contribution in [3.8, 4) is 0 Å². The highest BCUT2D eigenvalue weighted by molar-refractivity contribution is 5.57. The summed E-state index contributed by atoms with van der Waals surface area (Å²) in [5.74, 6) is 8.46. The van der Waals surface area contributed by atoms with E-state index in [2.05, 4.69) is 41.5 Å². The SMILES string of the molecule is CCc1nc(NN)c(C)c(NC(C)C(C)CC)n1. The summed E-state index contributed by atoms with van der Waals surface area (Å²) in [6.45, 7) is 10.6. The van der Waals surface area contributed by atoms with Gasteiger partial charge in [0, 0.05) is 18.0 Å². The molecule has 0 saturated heterocycles. The molecule has 0 aliphatic carbocycles. The topological polar surface area (TPSA) is 75.9 Å². The monoisotopic (exact) mass is 251 g/mol. The van der Waals surface area contributed by atoms with Gasteiger partial charge in [0.25, 0.3) is 0 Å². The summed E-state index contributed by atoms with van der Waals surface area (Å²) in [6, 6.07) is 0.374. The van der Waals surface area contributed by atoms with Gasteiger partial charge < -0.3 is 10.7 Å². The van der Waals surface area contributed by atoms with E-state index in [1.54, 1.807) is 0 Å². The van der Waals surface area contributed by atoms with E-state index >= 15 is 0 Å². The van der Waals surface area contributed by atoms with E-state index < -0.39 is 0 Å². The molecule has 0 amide bonds. The molecule has 1 heterocycles. The number of anilines is 2. The summed E-state index contributed by atoms with van der Waals surface area (Å²) in [6.07, 6.45) is 1.93. The molecule has 0 aliphatic heterocycles. The summed E-state index contributed by atoms with van der Waals surface area (Å²) in [4.78, 5) is 8.89. The first kappa shape index (κ1) is 14.7. The van der Waals surface area contributed by atoms with Crippen LogP contribution < -0.4 is 16.6 Å². The maximum absolute atomic E-state index is 5.49. The maximum atomic E-state index is 5.49. The molecule has 5 nitrogen and oxygen atoms in total. The van der Waals surface area contributed by atoms with E-state index in [0.717, 1.165) is 30.0 Å². The summed E-state index contributed by atoms with van der Waals surface area (Å²) in [5, 5.41) is 3.46. The van der Waals surface area contributed by atoms with Crippen LogP contribution in [0.25, 0.3) is 0 Å². The van der Waals surface area contributed by atoms with Crippen LogP contribution >= 0.6 is 0 Å². The van der Waals surface area contributed by atoms with Crippen molar-refractivity contribution < 1.29 is 0 Å². The smallest absolute Gasteiger partial charge is 0.148 e. The lowest BCUT2D eigenvalue weighted by atomic mass is 10.0. The fourth-order valence-corrected chi connectivity index (χ4v) is 1.71. The normalized spacial score (nSPS) is 14.1. The Hall–Kier alpha value is -1.36. The second-order valence-electron chi connectivity index (χ2n) is 4.78. The molecule has 0 fully saturated rings. The number of nitrogen functional groups attached to an aromatic ring is 1. The third-order valence-electron chi connectivity index (χ3n) is 3.51. The molecule has 102 valence electrons. The van der Waals surface area contributed by atoms with Gasteiger partial charge in [0.2, 0.25) is 0 Å². The van der Waals surface area contributed by atoms with Gasteiger partial charge in [0.15, 0.2) is 0 Å². The third-order valence-corrected chi connectivity index (χ3v) is 3.51. The van der Waals surface area contributed by atoms with Crippen molar-refractivity contribution in [2.75, 3.05) is 10.7 Å². The molecular weight excluding hydrogens is 226 g/mol. The van der Waals surface area contributed by atoms with Crippen LogP contribution in [-0.4, -0.2) is 16.0 Å². The lowest BCUT2D eigenvalue weighted by Gasteiger charge is -2.22. The predicted octanol–water partition coefficient (Wildman–Crippen LogP) is 2.48. The highest BCUT2D eigenvalue weighted by Crippen LogP contribution is 2.22. The molecule has 1 aromatic rings. The van der Waals surface area contributed by atoms with Gasteiger partial charge in [0.05, 0.1) is 0 Å². The largest absolute Gasteiger partial charge is 0.367 e. The van der Waals surface area contributed by atoms with Crippen LogP contribution in [0.1, 0.15) is 45.5 Å². The summed E-state index contributed by atoms with van der Waals surface area (Å²) < 4.78 is 0. The van der Waals surface area contributed by atoms with Crippen molar-refractivity contribution in [3.05, 3.63) is 11.4 Å². The maximum Gasteiger partial charge on any atom is 0.148 e. The fraction of sp³-hybridized carbons (Fsp3) is 0.692. The van der Waals surface area contributed by atoms with Crippen molar-refractivity contribution in [1.29, 1.82) is 0 Å². The number of nitrogens with one attached hydrogen (secondary N) is 2. The number of hydrogen-bond acceptors (Lipinski definition) is 5. The molecule has 1 rings (SSSR count). The molecule has 2 atom stereocenters. The Morgan fingerprint density at radius 3 is 2.28 bits per heavy atom. The summed E-state index contributed by atoms with van der Waals surface area (Å²) in [7, 11) is 0. The summed E-state index contributed by atoms with van der Waals surface area (Å²) in [5.41, 5.74) is 3.60. The first-order valence-corrected chi connectivity index (χ1v) is 6.64. The minimum Gasteiger partial charge on any atom is -0.367 e. The van der Waals surface area contributed by atoms with Crippen LogP contribution in [0.15, 0.2) is 0 Å². The Labute approximate surface area is 110 Å². The Kier molecular flexibility index (Phi) is 5.34. The van der Waals surface area contributed by atoms with Crippen molar-refractivity contribution >= 4 is 11.6 Å². The minimum absolute atomic E-state index is 0.374. The van der Waals surface area contributed by atoms with Gasteiger partial charge in [-0.15, -0.1) is 0 Å². The van der Waals surface area contributed by atoms with Crippen LogP contribution in [0.4, 0.5) is 11.6 Å². The molecular formula is C13H25N5. The highest BCUT2D eigenvalue weighted by Gasteiger charge is 2.14. The van der Waals surface area contributed by atoms with Crippen molar-refractivity contribution in [2.24, 2.45) is 11.8 Å². The molecule has 0 aliphatic rings. The second kappa shape index (κ2) is 6.54. The molecule has 0 aromatic carbocycles. The molecule has 0 bridgehead atoms. The van der Waals surface area contributed by atoms with E-state index in [1.165, 1.54) is 0 Å². The van der Waals surface area contributed by atoms with Gasteiger partial charge in [-0.1, -0.05) is 27.2 Å². The number of nitrogens with two attached hydrogens (primary N) is 1. The lowest BCUT2D eigenvalue weighted by Crippen LogP contribution is -2.25. The predicted molar refractivity (Wildman–Crippen MR) is 76.5 cm³/mol. The Balaban J connectivity index is 3.00. The van der Waals surface area contributed by atoms with Crippen LogP contribution in [-0.2, 0) is 6.42 Å². The lowest BCUT2D eigenvalue weighted by molar-refractivity contribution is 0.493. The number of hydrazine groups is 1. The van der Waals surface area contributed by atoms with E-state index in [-0.39, 0.29) is 0 Å². The van der Waals surface area contributed by atoms with E-state index in [9.17, 15) is 0 Å². The first-order valence-electron chi connectivity index (χ1n) is 6.64. The Bertz CT molecular complexity index is 391. The van der Waals surface area contributed by atoms with E-state index in [4.69, 9.17) is 5.84 Å². The van der Waals surface area contributed by atoms with Crippen LogP contribution in [0.2, 0.25) is 0 Å². The molecule has 0 saturated carbocycles. The molecule has 0 radical (unpaired) electrons. The van der Waals surface area contributed by atoms with Crippen LogP contribution in [0.3, 0.4) is 0 Å². The molecule has 0 spiro atoms. The standard InChI is InChI=1S/C13H25N5/c1-6-8(3)10(5)15-12-9(4)13(18-14)17-11(7-2)16-12/h8,10H,6-7,14H2,1-5H3,(H2,15,16,17,18). The van der Waals surface area contributed by atoms with E-state index in [0.29, 0.717) is 17.8 Å². The van der Waals surface area contributed by atoms with Crippen molar-refractivity contribution in [1.82, 2.24) is 9.97 Å². The second-order valence-corrected chi connectivity index (χ2v) is 4.78. The van der Waals surface area contributed by atoms with Gasteiger partial charge in [-0.25, -0.2) is 15.8 Å². The van der Waals surface area contributed by atoms with Gasteiger partial charge >= 0.3 is 0 Å². The van der Waals surface area contributed by atoms with Crippen LogP contribution in [0.5, 0.6) is 0 Å². The van der Waals surface area contributed by atoms with Gasteiger partial charge in [-0.05, 0) is 19.8 Å². The van der Waals surface area contributed by atoms with Crippen LogP contribution in [0, 0.1) is 12.8 Å². The quantitative estimate of drug-likeness (QED) is 0.535. The fourth-order valence-electron chi connectivity index (χ4n) is 1.71. The minimum atomic E-state index is 0.374. The van der Waals surface area contributed by atoms with Crippen molar-refractivity contribution in [2.45, 2.75) is 53.5 Å². The van der Waals surface area contributed by atoms with Gasteiger partial charge in [-0.2, -0.15) is 0 Å². The number of rotatable bonds is 6. The number of nitrogens with zero attached hydrogens (tertiary/aromatic N) is 2. The zero-order valence-electron chi connectivity index (χ0n) is 12.0. The zero-order valence-corrected chi connectivity index (χ0v) is 12.0. The zero-order chi connectivity index (χ0) is 13.7. The number of hydrogen-bond donors (Lipinski definition) is 3. The summed E-state index contributed by atoms with van der Waals surface area (Å²) >= 11 is 0. The van der Waals surface area contributed by atoms with E-state index in [1.807, 2.05) is 13.8 Å². The molecule has 18 heavy (non-hydrogen) atoms. The molecule has 4 N–H and O–H groups in total.